The van der Waals surface area contributed by atoms with Crippen molar-refractivity contribution in [3.8, 4) is 39.1 Å². The molecule has 11 aromatic rings. The fourth-order valence-corrected chi connectivity index (χ4v) is 9.00. The van der Waals surface area contributed by atoms with Crippen molar-refractivity contribution in [1.29, 1.82) is 0 Å². The fraction of sp³-hybridized carbons (Fsp3) is 0. The van der Waals surface area contributed by atoms with Gasteiger partial charge in [-0.15, -0.1) is 0 Å². The summed E-state index contributed by atoms with van der Waals surface area (Å²) in [7, 11) is 0. The molecule has 0 aliphatic heterocycles. The number of aromatic nitrogens is 1. The molecule has 0 unspecified atom stereocenters. The second-order valence-corrected chi connectivity index (χ2v) is 14.9. The molecule has 0 aliphatic carbocycles. The Morgan fingerprint density at radius 2 is 0.793 bits per heavy atom. The predicted octanol–water partition coefficient (Wildman–Crippen LogP) is 15.6. The van der Waals surface area contributed by atoms with Crippen LogP contribution in [0.4, 0.5) is 17.1 Å². The zero-order valence-electron chi connectivity index (χ0n) is 31.8. The van der Waals surface area contributed by atoms with Gasteiger partial charge in [0.2, 0.25) is 0 Å². The van der Waals surface area contributed by atoms with Gasteiger partial charge in [-0.05, 0) is 86.4 Å². The third kappa shape index (κ3) is 5.57. The van der Waals surface area contributed by atoms with E-state index < -0.39 is 0 Å². The summed E-state index contributed by atoms with van der Waals surface area (Å²) in [5.74, 6) is 0. The van der Waals surface area contributed by atoms with E-state index in [1.807, 2.05) is 0 Å². The van der Waals surface area contributed by atoms with Gasteiger partial charge >= 0.3 is 0 Å². The quantitative estimate of drug-likeness (QED) is 0.148. The third-order valence-corrected chi connectivity index (χ3v) is 11.6. The van der Waals surface area contributed by atoms with Gasteiger partial charge in [-0.1, -0.05) is 188 Å². The molecule has 0 spiro atoms. The van der Waals surface area contributed by atoms with E-state index in [0.29, 0.717) is 0 Å². The van der Waals surface area contributed by atoms with Crippen LogP contribution in [0.25, 0.3) is 82.4 Å². The summed E-state index contributed by atoms with van der Waals surface area (Å²) in [6, 6.07) is 83.7. The van der Waals surface area contributed by atoms with Crippen LogP contribution in [0.15, 0.2) is 231 Å². The molecule has 0 radical (unpaired) electrons. The first-order chi connectivity index (χ1) is 28.8. The molecule has 0 saturated carbocycles. The van der Waals surface area contributed by atoms with E-state index in [1.54, 1.807) is 0 Å². The number of fused-ring (bicyclic) bond motifs is 6. The number of nitrogens with zero attached hydrogens (tertiary/aromatic N) is 2. The fourth-order valence-electron chi connectivity index (χ4n) is 9.00. The summed E-state index contributed by atoms with van der Waals surface area (Å²) >= 11 is 0. The first kappa shape index (κ1) is 33.6. The highest BCUT2D eigenvalue weighted by molar-refractivity contribution is 6.20. The largest absolute Gasteiger partial charge is 0.309 e. The summed E-state index contributed by atoms with van der Waals surface area (Å²) in [5.41, 5.74) is 14.1. The second-order valence-electron chi connectivity index (χ2n) is 14.9. The Labute approximate surface area is 338 Å². The molecule has 2 nitrogen and oxygen atoms in total. The summed E-state index contributed by atoms with van der Waals surface area (Å²) < 4.78 is 2.43. The number of benzene rings is 10. The van der Waals surface area contributed by atoms with Crippen molar-refractivity contribution in [3.63, 3.8) is 0 Å². The molecule has 0 bridgehead atoms. The normalized spacial score (nSPS) is 11.4. The van der Waals surface area contributed by atoms with Crippen molar-refractivity contribution >= 4 is 60.4 Å². The van der Waals surface area contributed by atoms with E-state index in [1.165, 1.54) is 71.2 Å². The molecule has 10 aromatic carbocycles. The van der Waals surface area contributed by atoms with E-state index in [2.05, 4.69) is 240 Å². The van der Waals surface area contributed by atoms with Gasteiger partial charge in [0.1, 0.15) is 0 Å². The smallest absolute Gasteiger partial charge is 0.0562 e. The van der Waals surface area contributed by atoms with Crippen LogP contribution in [-0.2, 0) is 0 Å². The summed E-state index contributed by atoms with van der Waals surface area (Å²) in [4.78, 5) is 2.51. The maximum Gasteiger partial charge on any atom is 0.0562 e. The van der Waals surface area contributed by atoms with Crippen molar-refractivity contribution < 1.29 is 0 Å². The van der Waals surface area contributed by atoms with Gasteiger partial charge in [0.15, 0.2) is 0 Å². The van der Waals surface area contributed by atoms with Crippen LogP contribution in [0.1, 0.15) is 0 Å². The third-order valence-electron chi connectivity index (χ3n) is 11.6. The monoisotopic (exact) mass is 738 g/mol. The van der Waals surface area contributed by atoms with E-state index in [4.69, 9.17) is 0 Å². The van der Waals surface area contributed by atoms with Crippen LogP contribution in [0, 0.1) is 0 Å². The average molecular weight is 739 g/mol. The summed E-state index contributed by atoms with van der Waals surface area (Å²) in [5, 5.41) is 7.32. The van der Waals surface area contributed by atoms with Crippen molar-refractivity contribution in [2.24, 2.45) is 0 Å². The lowest BCUT2D eigenvalue weighted by Crippen LogP contribution is -2.12. The highest BCUT2D eigenvalue weighted by Crippen LogP contribution is 2.49. The Kier molecular flexibility index (Phi) is 8.19. The maximum absolute atomic E-state index is 2.51. The van der Waals surface area contributed by atoms with Crippen molar-refractivity contribution in [3.05, 3.63) is 231 Å². The maximum atomic E-state index is 2.51. The molecule has 1 aromatic heterocycles. The molecule has 11 rings (SSSR count). The molecule has 0 fully saturated rings. The van der Waals surface area contributed by atoms with Gasteiger partial charge < -0.3 is 9.47 Å². The van der Waals surface area contributed by atoms with Crippen LogP contribution in [0.2, 0.25) is 0 Å². The molecule has 0 saturated heterocycles. The lowest BCUT2D eigenvalue weighted by atomic mass is 9.94. The molecule has 58 heavy (non-hydrogen) atoms. The standard InChI is InChI=1S/C56H38N2/c1-3-18-39(19-4-1)44-23-9-10-24-45(44)41-34-36-43(37-35-41)57-52-31-16-14-29-50(52)56-53(57)32-17-33-54(56)58(51-30-15-13-26-47(51)40-20-5-2-6-21-40)55-38-42-22-7-8-25-46(42)48-27-11-12-28-49(48)55/h1-38H. The Morgan fingerprint density at radius 1 is 0.293 bits per heavy atom. The number of hydrogen-bond acceptors (Lipinski definition) is 1. The van der Waals surface area contributed by atoms with E-state index >= 15 is 0 Å². The zero-order valence-corrected chi connectivity index (χ0v) is 31.8. The number of rotatable bonds is 7. The van der Waals surface area contributed by atoms with Gasteiger partial charge in [0.25, 0.3) is 0 Å². The lowest BCUT2D eigenvalue weighted by molar-refractivity contribution is 1.18. The van der Waals surface area contributed by atoms with E-state index in [0.717, 1.165) is 28.3 Å². The zero-order chi connectivity index (χ0) is 38.4. The van der Waals surface area contributed by atoms with Crippen LogP contribution in [-0.4, -0.2) is 4.57 Å². The van der Waals surface area contributed by atoms with Crippen LogP contribution in [0.3, 0.4) is 0 Å². The highest BCUT2D eigenvalue weighted by Gasteiger charge is 2.25. The van der Waals surface area contributed by atoms with Crippen molar-refractivity contribution in [2.75, 3.05) is 4.90 Å². The molecule has 0 aliphatic rings. The Hall–Kier alpha value is -7.68. The molecule has 0 amide bonds. The summed E-state index contributed by atoms with van der Waals surface area (Å²) in [6.45, 7) is 0. The average Bonchev–Trinajstić information content (AvgIpc) is 3.65. The topological polar surface area (TPSA) is 8.17 Å². The predicted molar refractivity (Wildman–Crippen MR) is 247 cm³/mol. The van der Waals surface area contributed by atoms with Crippen molar-refractivity contribution in [1.82, 2.24) is 4.57 Å². The molecule has 0 N–H and O–H groups in total. The Morgan fingerprint density at radius 3 is 1.52 bits per heavy atom. The van der Waals surface area contributed by atoms with Crippen LogP contribution in [0.5, 0.6) is 0 Å². The number of para-hydroxylation sites is 2. The first-order valence-electron chi connectivity index (χ1n) is 19.9. The SMILES string of the molecule is c1ccc(-c2ccccc2-c2ccc(-n3c4ccccc4c4c(N(c5ccccc5-c5ccccc5)c5cc6ccccc6c6ccccc56)cccc43)cc2)cc1. The summed E-state index contributed by atoms with van der Waals surface area (Å²) in [6.07, 6.45) is 0. The van der Waals surface area contributed by atoms with Crippen LogP contribution >= 0.6 is 0 Å². The van der Waals surface area contributed by atoms with Crippen LogP contribution < -0.4 is 4.90 Å². The Bertz CT molecular complexity index is 3270. The van der Waals surface area contributed by atoms with E-state index in [-0.39, 0.29) is 0 Å². The Balaban J connectivity index is 1.16. The van der Waals surface area contributed by atoms with Gasteiger partial charge in [-0.2, -0.15) is 0 Å². The molecule has 1 heterocycles. The molecule has 0 atom stereocenters. The lowest BCUT2D eigenvalue weighted by Gasteiger charge is -2.30. The molecule has 272 valence electrons. The second kappa shape index (κ2) is 14.1. The van der Waals surface area contributed by atoms with Gasteiger partial charge in [0, 0.05) is 27.4 Å². The van der Waals surface area contributed by atoms with Gasteiger partial charge in [-0.3, -0.25) is 0 Å². The number of anilines is 3. The van der Waals surface area contributed by atoms with E-state index in [9.17, 15) is 0 Å². The van der Waals surface area contributed by atoms with Crippen molar-refractivity contribution in [2.45, 2.75) is 0 Å². The minimum Gasteiger partial charge on any atom is -0.309 e. The molecular weight excluding hydrogens is 701 g/mol. The minimum absolute atomic E-state index is 1.12. The minimum atomic E-state index is 1.12. The molecular formula is C56H38N2. The highest BCUT2D eigenvalue weighted by atomic mass is 15.2. The number of hydrogen-bond donors (Lipinski definition) is 0. The van der Waals surface area contributed by atoms with Gasteiger partial charge in [-0.25, -0.2) is 0 Å². The molecule has 2 heteroatoms. The van der Waals surface area contributed by atoms with Gasteiger partial charge in [0.05, 0.1) is 28.1 Å². The first-order valence-corrected chi connectivity index (χ1v) is 19.9.